The van der Waals surface area contributed by atoms with Crippen molar-refractivity contribution in [2.24, 2.45) is 0 Å². The predicted octanol–water partition coefficient (Wildman–Crippen LogP) is 0.460. The predicted molar refractivity (Wildman–Crippen MR) is 81.3 cm³/mol. The largest absolute Gasteiger partial charge is 0.365 e. The second-order valence-electron chi connectivity index (χ2n) is 5.55. The molecule has 0 aliphatic carbocycles. The van der Waals surface area contributed by atoms with Crippen molar-refractivity contribution in [3.05, 3.63) is 45.2 Å². The van der Waals surface area contributed by atoms with Crippen LogP contribution < -0.4 is 16.1 Å². The third kappa shape index (κ3) is 2.27. The van der Waals surface area contributed by atoms with Crippen molar-refractivity contribution in [3.8, 4) is 11.3 Å². The fourth-order valence-corrected chi connectivity index (χ4v) is 2.83. The Morgan fingerprint density at radius 1 is 1.33 bits per heavy atom. The summed E-state index contributed by atoms with van der Waals surface area (Å²) in [6.07, 6.45) is 1.61. The highest BCUT2D eigenvalue weighted by atomic mass is 19.1. The number of aromatic amines is 2. The van der Waals surface area contributed by atoms with Gasteiger partial charge in [-0.1, -0.05) is 0 Å². The van der Waals surface area contributed by atoms with E-state index >= 15 is 0 Å². The second-order valence-corrected chi connectivity index (χ2v) is 5.55. The van der Waals surface area contributed by atoms with Crippen LogP contribution >= 0.6 is 0 Å². The minimum absolute atomic E-state index is 0.0712. The van der Waals surface area contributed by atoms with Gasteiger partial charge in [0, 0.05) is 19.3 Å². The number of nitrogens with one attached hydrogen (secondary N) is 2. The highest BCUT2D eigenvalue weighted by Gasteiger charge is 2.26. The van der Waals surface area contributed by atoms with Crippen LogP contribution in [0.15, 0.2) is 28.0 Å². The summed E-state index contributed by atoms with van der Waals surface area (Å²) in [5.74, 6) is -0.704. The summed E-state index contributed by atoms with van der Waals surface area (Å²) in [5.41, 5.74) is -0.363. The molecule has 0 radical (unpaired) electrons. The Morgan fingerprint density at radius 2 is 2.17 bits per heavy atom. The number of hydrogen-bond acceptors (Lipinski definition) is 5. The molecule has 0 bridgehead atoms. The summed E-state index contributed by atoms with van der Waals surface area (Å²) in [7, 11) is 0. The zero-order valence-corrected chi connectivity index (χ0v) is 12.3. The summed E-state index contributed by atoms with van der Waals surface area (Å²) in [6, 6.07) is 1.54. The molecule has 2 N–H and O–H groups in total. The molecule has 8 nitrogen and oxygen atoms in total. The zero-order valence-electron chi connectivity index (χ0n) is 12.3. The molecule has 10 heteroatoms. The first-order chi connectivity index (χ1) is 11.5. The fraction of sp³-hybridized carbons (Fsp3) is 0.286. The molecule has 1 atom stereocenters. The molecule has 4 heterocycles. The molecule has 4 rings (SSSR count). The summed E-state index contributed by atoms with van der Waals surface area (Å²) in [6.45, 7) is 0.617. The van der Waals surface area contributed by atoms with Crippen LogP contribution in [-0.4, -0.2) is 43.8 Å². The van der Waals surface area contributed by atoms with Crippen molar-refractivity contribution >= 4 is 11.3 Å². The smallest absolute Gasteiger partial charge is 0.325 e. The number of H-pyrrole nitrogens is 2. The highest BCUT2D eigenvalue weighted by Crippen LogP contribution is 2.28. The van der Waals surface area contributed by atoms with Crippen molar-refractivity contribution in [2.75, 3.05) is 18.0 Å². The van der Waals surface area contributed by atoms with E-state index in [4.69, 9.17) is 0 Å². The van der Waals surface area contributed by atoms with Crippen molar-refractivity contribution in [2.45, 2.75) is 12.6 Å². The van der Waals surface area contributed by atoms with E-state index in [0.717, 1.165) is 10.7 Å². The van der Waals surface area contributed by atoms with Crippen molar-refractivity contribution < 1.29 is 8.78 Å². The maximum Gasteiger partial charge on any atom is 0.325 e. The molecule has 0 amide bonds. The quantitative estimate of drug-likeness (QED) is 0.709. The van der Waals surface area contributed by atoms with Gasteiger partial charge in [0.1, 0.15) is 11.9 Å². The lowest BCUT2D eigenvalue weighted by atomic mass is 10.2. The SMILES string of the molecule is O=c1[nH]cc(-c2cc(N3CC[C@@H](F)C3)c3ncc(F)n3n2)c(=O)[nH]1. The molecule has 1 aliphatic heterocycles. The van der Waals surface area contributed by atoms with E-state index < -0.39 is 23.4 Å². The van der Waals surface area contributed by atoms with E-state index in [-0.39, 0.29) is 23.4 Å². The molecule has 3 aromatic heterocycles. The standard InChI is InChI=1S/C14H12F2N6O2/c15-7-1-2-21(6-7)10-3-9(8-4-18-14(24)19-13(8)23)20-22-11(16)5-17-12(10)22/h3-5,7H,1-2,6H2,(H2,18,19,23,24)/t7-/m1/s1. The Balaban J connectivity index is 1.95. The summed E-state index contributed by atoms with van der Waals surface area (Å²) in [5, 5.41) is 4.06. The Kier molecular flexibility index (Phi) is 3.18. The van der Waals surface area contributed by atoms with Crippen LogP contribution in [0.25, 0.3) is 16.9 Å². The molecule has 1 fully saturated rings. The van der Waals surface area contributed by atoms with Gasteiger partial charge in [0.05, 0.1) is 17.4 Å². The molecule has 3 aromatic rings. The van der Waals surface area contributed by atoms with Gasteiger partial charge in [-0.15, -0.1) is 0 Å². The van der Waals surface area contributed by atoms with E-state index in [1.54, 1.807) is 11.0 Å². The molecule has 0 saturated carbocycles. The first-order valence-corrected chi connectivity index (χ1v) is 7.28. The van der Waals surface area contributed by atoms with Crippen LogP contribution in [0.3, 0.4) is 0 Å². The van der Waals surface area contributed by atoms with Gasteiger partial charge in [0.2, 0.25) is 5.95 Å². The number of aromatic nitrogens is 5. The molecular weight excluding hydrogens is 322 g/mol. The van der Waals surface area contributed by atoms with E-state index in [2.05, 4.69) is 20.1 Å². The second kappa shape index (κ2) is 5.25. The van der Waals surface area contributed by atoms with Gasteiger partial charge in [0.15, 0.2) is 5.65 Å². The molecule has 124 valence electrons. The molecule has 0 unspecified atom stereocenters. The normalized spacial score (nSPS) is 17.8. The minimum Gasteiger partial charge on any atom is -0.365 e. The van der Waals surface area contributed by atoms with E-state index in [0.29, 0.717) is 18.7 Å². The van der Waals surface area contributed by atoms with Crippen molar-refractivity contribution in [3.63, 3.8) is 0 Å². The van der Waals surface area contributed by atoms with Crippen LogP contribution in [0.5, 0.6) is 0 Å². The van der Waals surface area contributed by atoms with Gasteiger partial charge in [-0.3, -0.25) is 9.78 Å². The number of anilines is 1. The van der Waals surface area contributed by atoms with Crippen LogP contribution in [0, 0.1) is 5.95 Å². The molecule has 0 aromatic carbocycles. The van der Waals surface area contributed by atoms with E-state index in [1.165, 1.54) is 6.20 Å². The third-order valence-electron chi connectivity index (χ3n) is 3.97. The summed E-state index contributed by atoms with van der Waals surface area (Å²) in [4.78, 5) is 33.3. The average Bonchev–Trinajstić information content (AvgIpc) is 3.13. The van der Waals surface area contributed by atoms with Crippen LogP contribution in [-0.2, 0) is 0 Å². The van der Waals surface area contributed by atoms with Crippen molar-refractivity contribution in [1.29, 1.82) is 0 Å². The van der Waals surface area contributed by atoms with Gasteiger partial charge in [-0.2, -0.15) is 14.0 Å². The number of rotatable bonds is 2. The molecule has 1 saturated heterocycles. The molecule has 24 heavy (non-hydrogen) atoms. The van der Waals surface area contributed by atoms with Gasteiger partial charge in [0.25, 0.3) is 5.56 Å². The van der Waals surface area contributed by atoms with Gasteiger partial charge >= 0.3 is 5.69 Å². The van der Waals surface area contributed by atoms with Crippen LogP contribution in [0.2, 0.25) is 0 Å². The van der Waals surface area contributed by atoms with E-state index in [1.807, 2.05) is 0 Å². The molecule has 0 spiro atoms. The van der Waals surface area contributed by atoms with Crippen LogP contribution in [0.4, 0.5) is 14.5 Å². The minimum atomic E-state index is -0.974. The topological polar surface area (TPSA) is 99.2 Å². The lowest BCUT2D eigenvalue weighted by Crippen LogP contribution is -2.24. The number of imidazole rings is 1. The number of nitrogens with zero attached hydrogens (tertiary/aromatic N) is 4. The molecule has 1 aliphatic rings. The lowest BCUT2D eigenvalue weighted by molar-refractivity contribution is 0.364. The number of fused-ring (bicyclic) bond motifs is 1. The van der Waals surface area contributed by atoms with E-state index in [9.17, 15) is 18.4 Å². The summed E-state index contributed by atoms with van der Waals surface area (Å²) >= 11 is 0. The molecular formula is C14H12F2N6O2. The number of hydrogen-bond donors (Lipinski definition) is 2. The fourth-order valence-electron chi connectivity index (χ4n) is 2.83. The average molecular weight is 334 g/mol. The first kappa shape index (κ1) is 14.5. The maximum atomic E-state index is 14.0. The van der Waals surface area contributed by atoms with Crippen LogP contribution in [0.1, 0.15) is 6.42 Å². The first-order valence-electron chi connectivity index (χ1n) is 7.28. The Morgan fingerprint density at radius 3 is 2.88 bits per heavy atom. The Hall–Kier alpha value is -3.04. The monoisotopic (exact) mass is 334 g/mol. The number of halogens is 2. The third-order valence-corrected chi connectivity index (χ3v) is 3.97. The Labute approximate surface area is 132 Å². The summed E-state index contributed by atoms with van der Waals surface area (Å²) < 4.78 is 28.5. The number of alkyl halides is 1. The maximum absolute atomic E-state index is 14.0. The van der Waals surface area contributed by atoms with Gasteiger partial charge in [-0.25, -0.2) is 14.2 Å². The van der Waals surface area contributed by atoms with Crippen molar-refractivity contribution in [1.82, 2.24) is 24.6 Å². The van der Waals surface area contributed by atoms with Gasteiger partial charge < -0.3 is 9.88 Å². The Bertz CT molecular complexity index is 1040. The van der Waals surface area contributed by atoms with Gasteiger partial charge in [-0.05, 0) is 12.5 Å². The lowest BCUT2D eigenvalue weighted by Gasteiger charge is -2.18. The highest BCUT2D eigenvalue weighted by molar-refractivity contribution is 5.74. The zero-order chi connectivity index (χ0) is 16.8.